The van der Waals surface area contributed by atoms with Gasteiger partial charge < -0.3 is 10.2 Å². The van der Waals surface area contributed by atoms with Crippen LogP contribution < -0.4 is 10.2 Å². The molecule has 0 aromatic carbocycles. The maximum atomic E-state index is 4.59. The van der Waals surface area contributed by atoms with E-state index in [0.29, 0.717) is 6.04 Å². The first-order valence-electron chi connectivity index (χ1n) is 8.18. The molecule has 5 heteroatoms. The number of rotatable bonds is 7. The lowest BCUT2D eigenvalue weighted by Crippen LogP contribution is -2.39. The molecule has 1 unspecified atom stereocenters. The number of hydrogen-bond acceptors (Lipinski definition) is 5. The molecule has 0 amide bonds. The maximum absolute atomic E-state index is 4.59. The van der Waals surface area contributed by atoms with Crippen molar-refractivity contribution in [2.24, 2.45) is 0 Å². The minimum atomic E-state index is 0.655. The van der Waals surface area contributed by atoms with Crippen molar-refractivity contribution >= 4 is 11.6 Å². The second kappa shape index (κ2) is 7.59. The Hall–Kier alpha value is -1.36. The molecular formula is C16H29N5. The van der Waals surface area contributed by atoms with Gasteiger partial charge in [0, 0.05) is 32.2 Å². The van der Waals surface area contributed by atoms with Crippen molar-refractivity contribution < 1.29 is 0 Å². The summed E-state index contributed by atoms with van der Waals surface area (Å²) in [4.78, 5) is 13.9. The van der Waals surface area contributed by atoms with Crippen LogP contribution in [0.2, 0.25) is 0 Å². The minimum Gasteiger partial charge on any atom is -0.370 e. The molecule has 5 nitrogen and oxygen atoms in total. The Labute approximate surface area is 128 Å². The topological polar surface area (TPSA) is 44.3 Å². The lowest BCUT2D eigenvalue weighted by atomic mass is 10.2. The molecule has 1 aliphatic heterocycles. The van der Waals surface area contributed by atoms with Crippen molar-refractivity contribution in [3.63, 3.8) is 0 Å². The fourth-order valence-electron chi connectivity index (χ4n) is 3.02. The van der Waals surface area contributed by atoms with E-state index in [1.165, 1.54) is 19.4 Å². The molecule has 1 atom stereocenters. The predicted molar refractivity (Wildman–Crippen MR) is 89.1 cm³/mol. The van der Waals surface area contributed by atoms with E-state index in [9.17, 15) is 0 Å². The predicted octanol–water partition coefficient (Wildman–Crippen LogP) is 2.53. The average Bonchev–Trinajstić information content (AvgIpc) is 2.91. The van der Waals surface area contributed by atoms with Crippen LogP contribution in [0.5, 0.6) is 0 Å². The fourth-order valence-corrected chi connectivity index (χ4v) is 3.02. The van der Waals surface area contributed by atoms with Crippen LogP contribution in [-0.2, 0) is 0 Å². The Morgan fingerprint density at radius 1 is 1.38 bits per heavy atom. The van der Waals surface area contributed by atoms with Crippen molar-refractivity contribution in [3.8, 4) is 0 Å². The molecule has 21 heavy (non-hydrogen) atoms. The van der Waals surface area contributed by atoms with E-state index in [1.807, 2.05) is 6.92 Å². The molecule has 2 heterocycles. The van der Waals surface area contributed by atoms with E-state index >= 15 is 0 Å². The van der Waals surface area contributed by atoms with Crippen LogP contribution >= 0.6 is 0 Å². The zero-order valence-electron chi connectivity index (χ0n) is 13.9. The number of anilines is 2. The SMILES string of the molecule is CCCNc1cc(N(C)CC2CCCN2CC)nc(C)n1. The van der Waals surface area contributed by atoms with Gasteiger partial charge in [0.25, 0.3) is 0 Å². The molecule has 1 N–H and O–H groups in total. The third kappa shape index (κ3) is 4.30. The van der Waals surface area contributed by atoms with Crippen LogP contribution in [0.15, 0.2) is 6.07 Å². The molecule has 1 fully saturated rings. The summed E-state index contributed by atoms with van der Waals surface area (Å²) >= 11 is 0. The summed E-state index contributed by atoms with van der Waals surface area (Å²) in [6, 6.07) is 2.72. The van der Waals surface area contributed by atoms with E-state index < -0.39 is 0 Å². The summed E-state index contributed by atoms with van der Waals surface area (Å²) < 4.78 is 0. The molecule has 0 saturated carbocycles. The number of nitrogens with one attached hydrogen (secondary N) is 1. The smallest absolute Gasteiger partial charge is 0.134 e. The van der Waals surface area contributed by atoms with Crippen molar-refractivity contribution in [2.75, 3.05) is 43.4 Å². The average molecular weight is 291 g/mol. The maximum Gasteiger partial charge on any atom is 0.134 e. The van der Waals surface area contributed by atoms with E-state index in [1.54, 1.807) is 0 Å². The van der Waals surface area contributed by atoms with Crippen molar-refractivity contribution in [3.05, 3.63) is 11.9 Å². The van der Waals surface area contributed by atoms with Gasteiger partial charge in [0.15, 0.2) is 0 Å². The van der Waals surface area contributed by atoms with Crippen LogP contribution in [0, 0.1) is 6.92 Å². The van der Waals surface area contributed by atoms with Gasteiger partial charge in [-0.15, -0.1) is 0 Å². The first-order chi connectivity index (χ1) is 10.1. The highest BCUT2D eigenvalue weighted by atomic mass is 15.2. The van der Waals surface area contributed by atoms with Gasteiger partial charge >= 0.3 is 0 Å². The molecule has 118 valence electrons. The highest BCUT2D eigenvalue weighted by molar-refractivity contribution is 5.49. The van der Waals surface area contributed by atoms with E-state index in [4.69, 9.17) is 0 Å². The van der Waals surface area contributed by atoms with E-state index in [2.05, 4.69) is 52.0 Å². The summed E-state index contributed by atoms with van der Waals surface area (Å²) in [5.41, 5.74) is 0. The summed E-state index contributed by atoms with van der Waals surface area (Å²) in [5, 5.41) is 3.36. The Morgan fingerprint density at radius 3 is 2.90 bits per heavy atom. The molecule has 0 bridgehead atoms. The third-order valence-electron chi connectivity index (χ3n) is 4.16. The lowest BCUT2D eigenvalue weighted by molar-refractivity contribution is 0.270. The third-order valence-corrected chi connectivity index (χ3v) is 4.16. The Morgan fingerprint density at radius 2 is 2.19 bits per heavy atom. The number of likely N-dealkylation sites (tertiary alicyclic amines) is 1. The van der Waals surface area contributed by atoms with Crippen molar-refractivity contribution in [1.82, 2.24) is 14.9 Å². The van der Waals surface area contributed by atoms with Gasteiger partial charge in [-0.2, -0.15) is 0 Å². The molecular weight excluding hydrogens is 262 g/mol. The fraction of sp³-hybridized carbons (Fsp3) is 0.750. The van der Waals surface area contributed by atoms with Gasteiger partial charge in [-0.25, -0.2) is 9.97 Å². The largest absolute Gasteiger partial charge is 0.370 e. The van der Waals surface area contributed by atoms with Crippen LogP contribution in [-0.4, -0.2) is 54.1 Å². The first-order valence-corrected chi connectivity index (χ1v) is 8.18. The van der Waals surface area contributed by atoms with Crippen LogP contribution in [0.25, 0.3) is 0 Å². The first kappa shape index (κ1) is 16.0. The summed E-state index contributed by atoms with van der Waals surface area (Å²) in [6.45, 7) is 10.7. The summed E-state index contributed by atoms with van der Waals surface area (Å²) in [7, 11) is 2.14. The van der Waals surface area contributed by atoms with Crippen molar-refractivity contribution in [2.45, 2.75) is 46.1 Å². The molecule has 1 aromatic rings. The second-order valence-corrected chi connectivity index (χ2v) is 5.89. The van der Waals surface area contributed by atoms with Crippen LogP contribution in [0.4, 0.5) is 11.6 Å². The molecule has 0 spiro atoms. The number of aryl methyl sites for hydroxylation is 1. The van der Waals surface area contributed by atoms with Gasteiger partial charge in [-0.05, 0) is 39.3 Å². The molecule has 1 aliphatic rings. The van der Waals surface area contributed by atoms with Gasteiger partial charge in [0.05, 0.1) is 0 Å². The van der Waals surface area contributed by atoms with Crippen molar-refractivity contribution in [1.29, 1.82) is 0 Å². The molecule has 2 rings (SSSR count). The monoisotopic (exact) mass is 291 g/mol. The minimum absolute atomic E-state index is 0.655. The van der Waals surface area contributed by atoms with Gasteiger partial charge in [0.2, 0.25) is 0 Å². The second-order valence-electron chi connectivity index (χ2n) is 5.89. The zero-order valence-corrected chi connectivity index (χ0v) is 13.9. The number of hydrogen-bond donors (Lipinski definition) is 1. The Bertz CT molecular complexity index is 448. The van der Waals surface area contributed by atoms with E-state index in [-0.39, 0.29) is 0 Å². The van der Waals surface area contributed by atoms with Gasteiger partial charge in [0.1, 0.15) is 17.5 Å². The summed E-state index contributed by atoms with van der Waals surface area (Å²) in [6.07, 6.45) is 3.71. The highest BCUT2D eigenvalue weighted by Crippen LogP contribution is 2.21. The summed E-state index contributed by atoms with van der Waals surface area (Å²) in [5.74, 6) is 2.78. The number of nitrogens with zero attached hydrogens (tertiary/aromatic N) is 4. The standard InChI is InChI=1S/C16H29N5/c1-5-9-17-15-11-16(19-13(3)18-15)20(4)12-14-8-7-10-21(14)6-2/h11,14H,5-10,12H2,1-4H3,(H,17,18,19). The Balaban J connectivity index is 2.04. The zero-order chi connectivity index (χ0) is 15.2. The van der Waals surface area contributed by atoms with Gasteiger partial charge in [-0.3, -0.25) is 4.90 Å². The molecule has 1 aromatic heterocycles. The molecule has 1 saturated heterocycles. The van der Waals surface area contributed by atoms with Crippen LogP contribution in [0.1, 0.15) is 38.9 Å². The van der Waals surface area contributed by atoms with Gasteiger partial charge in [-0.1, -0.05) is 13.8 Å². The Kier molecular flexibility index (Phi) is 5.79. The molecule has 0 radical (unpaired) electrons. The number of likely N-dealkylation sites (N-methyl/N-ethyl adjacent to an activating group) is 2. The highest BCUT2D eigenvalue weighted by Gasteiger charge is 2.24. The quantitative estimate of drug-likeness (QED) is 0.836. The normalized spacial score (nSPS) is 19.0. The van der Waals surface area contributed by atoms with Crippen LogP contribution in [0.3, 0.4) is 0 Å². The molecule has 0 aliphatic carbocycles. The lowest BCUT2D eigenvalue weighted by Gasteiger charge is -2.28. The number of aromatic nitrogens is 2. The van der Waals surface area contributed by atoms with E-state index in [0.717, 1.165) is 43.5 Å².